The first-order valence-corrected chi connectivity index (χ1v) is 6.70. The second-order valence-corrected chi connectivity index (χ2v) is 5.34. The summed E-state index contributed by atoms with van der Waals surface area (Å²) in [5.74, 6) is 1.82. The molecule has 94 valence electrons. The summed E-state index contributed by atoms with van der Waals surface area (Å²) in [6.45, 7) is 0. The zero-order valence-corrected chi connectivity index (χ0v) is 11.3. The van der Waals surface area contributed by atoms with Crippen LogP contribution in [-0.4, -0.2) is 11.3 Å². The highest BCUT2D eigenvalue weighted by Gasteiger charge is 2.21. The van der Waals surface area contributed by atoms with Crippen LogP contribution in [0.1, 0.15) is 19.3 Å². The molecule has 0 atom stereocenters. The fourth-order valence-electron chi connectivity index (χ4n) is 1.88. The number of ether oxygens (including phenoxy) is 1. The third kappa shape index (κ3) is 2.22. The van der Waals surface area contributed by atoms with Crippen molar-refractivity contribution in [1.29, 1.82) is 0 Å². The number of halogens is 1. The van der Waals surface area contributed by atoms with E-state index in [1.165, 1.54) is 6.42 Å². The zero-order valence-electron chi connectivity index (χ0n) is 9.73. The highest BCUT2D eigenvalue weighted by molar-refractivity contribution is 9.10. The van der Waals surface area contributed by atoms with Crippen molar-refractivity contribution in [2.45, 2.75) is 25.4 Å². The van der Waals surface area contributed by atoms with Gasteiger partial charge in [-0.15, -0.1) is 0 Å². The molecule has 0 saturated heterocycles. The number of hydrogen-bond acceptors (Lipinski definition) is 4. The molecule has 0 spiro atoms. The summed E-state index contributed by atoms with van der Waals surface area (Å²) < 4.78 is 12.1. The Morgan fingerprint density at radius 3 is 2.78 bits per heavy atom. The van der Waals surface area contributed by atoms with Crippen LogP contribution in [0.5, 0.6) is 5.75 Å². The lowest BCUT2D eigenvalue weighted by Gasteiger charge is -2.27. The summed E-state index contributed by atoms with van der Waals surface area (Å²) in [6.07, 6.45) is 3.80. The molecule has 0 aliphatic heterocycles. The fraction of sp³-hybridized carbons (Fsp3) is 0.308. The Hall–Kier alpha value is -1.49. The second kappa shape index (κ2) is 4.65. The Morgan fingerprint density at radius 1 is 1.33 bits per heavy atom. The van der Waals surface area contributed by atoms with Crippen LogP contribution in [0.3, 0.4) is 0 Å². The van der Waals surface area contributed by atoms with Crippen LogP contribution in [0.4, 0.5) is 5.82 Å². The summed E-state index contributed by atoms with van der Waals surface area (Å²) in [4.78, 5) is 0. The van der Waals surface area contributed by atoms with E-state index in [0.717, 1.165) is 28.6 Å². The highest BCUT2D eigenvalue weighted by atomic mass is 79.9. The molecule has 1 aliphatic rings. The van der Waals surface area contributed by atoms with Crippen molar-refractivity contribution >= 4 is 21.7 Å². The number of benzene rings is 1. The first-order chi connectivity index (χ1) is 8.72. The summed E-state index contributed by atoms with van der Waals surface area (Å²) >= 11 is 3.45. The van der Waals surface area contributed by atoms with Crippen LogP contribution in [0.15, 0.2) is 33.3 Å². The molecule has 18 heavy (non-hydrogen) atoms. The van der Waals surface area contributed by atoms with Gasteiger partial charge in [-0.3, -0.25) is 0 Å². The van der Waals surface area contributed by atoms with Crippen molar-refractivity contribution in [3.8, 4) is 17.1 Å². The van der Waals surface area contributed by atoms with Crippen LogP contribution >= 0.6 is 15.9 Å². The normalized spacial score (nSPS) is 15.4. The van der Waals surface area contributed by atoms with E-state index >= 15 is 0 Å². The van der Waals surface area contributed by atoms with Gasteiger partial charge in [0.05, 0.1) is 11.7 Å². The van der Waals surface area contributed by atoms with E-state index in [2.05, 4.69) is 21.1 Å². The van der Waals surface area contributed by atoms with E-state index in [0.29, 0.717) is 17.7 Å². The lowest BCUT2D eigenvalue weighted by atomic mass is 9.96. The number of rotatable bonds is 3. The molecule has 0 amide bonds. The number of nitrogens with zero attached hydrogens (tertiary/aromatic N) is 1. The maximum atomic E-state index is 5.95. The van der Waals surface area contributed by atoms with Crippen LogP contribution in [0.2, 0.25) is 0 Å². The van der Waals surface area contributed by atoms with Gasteiger partial charge in [0.15, 0.2) is 11.6 Å². The molecular weight excluding hydrogens is 296 g/mol. The van der Waals surface area contributed by atoms with Crippen LogP contribution < -0.4 is 10.5 Å². The predicted octanol–water partition coefficient (Wildman–Crippen LogP) is 3.62. The van der Waals surface area contributed by atoms with Gasteiger partial charge in [0.25, 0.3) is 0 Å². The van der Waals surface area contributed by atoms with E-state index < -0.39 is 0 Å². The van der Waals surface area contributed by atoms with Gasteiger partial charge in [-0.2, -0.15) is 0 Å². The monoisotopic (exact) mass is 308 g/mol. The van der Waals surface area contributed by atoms with Crippen molar-refractivity contribution in [3.05, 3.63) is 28.7 Å². The summed E-state index contributed by atoms with van der Waals surface area (Å²) in [7, 11) is 0. The molecule has 0 radical (unpaired) electrons. The molecule has 4 nitrogen and oxygen atoms in total. The number of hydrogen-bond donors (Lipinski definition) is 1. The van der Waals surface area contributed by atoms with Gasteiger partial charge in [-0.1, -0.05) is 21.1 Å². The van der Waals surface area contributed by atoms with Gasteiger partial charge in [0.1, 0.15) is 5.75 Å². The minimum absolute atomic E-state index is 0.324. The molecular formula is C13H13BrN2O2. The van der Waals surface area contributed by atoms with Crippen molar-refractivity contribution in [3.63, 3.8) is 0 Å². The Morgan fingerprint density at radius 2 is 2.17 bits per heavy atom. The molecule has 5 heteroatoms. The summed E-state index contributed by atoms with van der Waals surface area (Å²) in [6, 6.07) is 7.55. The average Bonchev–Trinajstić information content (AvgIpc) is 2.71. The van der Waals surface area contributed by atoms with Gasteiger partial charge in [-0.25, -0.2) is 0 Å². The lowest BCUT2D eigenvalue weighted by molar-refractivity contribution is 0.121. The van der Waals surface area contributed by atoms with E-state index in [4.69, 9.17) is 15.0 Å². The van der Waals surface area contributed by atoms with Crippen LogP contribution in [-0.2, 0) is 0 Å². The molecule has 1 saturated carbocycles. The Balaban J connectivity index is 1.96. The number of nitrogen functional groups attached to an aromatic ring is 1. The van der Waals surface area contributed by atoms with Crippen molar-refractivity contribution in [1.82, 2.24) is 5.16 Å². The zero-order chi connectivity index (χ0) is 12.5. The molecule has 1 aromatic carbocycles. The van der Waals surface area contributed by atoms with Gasteiger partial charge in [0, 0.05) is 10.5 Å². The smallest absolute Gasteiger partial charge is 0.172 e. The molecule has 1 fully saturated rings. The predicted molar refractivity (Wildman–Crippen MR) is 72.3 cm³/mol. The van der Waals surface area contributed by atoms with Gasteiger partial charge >= 0.3 is 0 Å². The quantitative estimate of drug-likeness (QED) is 0.940. The summed E-state index contributed by atoms with van der Waals surface area (Å²) in [5, 5.41) is 3.71. The molecule has 0 unspecified atom stereocenters. The van der Waals surface area contributed by atoms with Crippen molar-refractivity contribution in [2.75, 3.05) is 5.73 Å². The van der Waals surface area contributed by atoms with Gasteiger partial charge < -0.3 is 15.0 Å². The first-order valence-electron chi connectivity index (χ1n) is 5.91. The Labute approximate surface area is 113 Å². The van der Waals surface area contributed by atoms with Gasteiger partial charge in [0.2, 0.25) is 0 Å². The molecule has 3 rings (SSSR count). The third-order valence-corrected chi connectivity index (χ3v) is 3.57. The number of aromatic nitrogens is 1. The maximum absolute atomic E-state index is 5.95. The van der Waals surface area contributed by atoms with E-state index in [9.17, 15) is 0 Å². The number of nitrogens with two attached hydrogens (primary N) is 1. The maximum Gasteiger partial charge on any atom is 0.172 e. The minimum atomic E-state index is 0.324. The van der Waals surface area contributed by atoms with Crippen molar-refractivity contribution < 1.29 is 9.26 Å². The molecule has 2 N–H and O–H groups in total. The fourth-order valence-corrected chi connectivity index (χ4v) is 2.24. The molecule has 1 aliphatic carbocycles. The van der Waals surface area contributed by atoms with Crippen LogP contribution in [0.25, 0.3) is 11.3 Å². The third-order valence-electron chi connectivity index (χ3n) is 3.08. The molecule has 0 bridgehead atoms. The molecule has 1 heterocycles. The van der Waals surface area contributed by atoms with Crippen LogP contribution in [0, 0.1) is 0 Å². The Kier molecular flexibility index (Phi) is 2.99. The minimum Gasteiger partial charge on any atom is -0.490 e. The average molecular weight is 309 g/mol. The second-order valence-electron chi connectivity index (χ2n) is 4.43. The highest BCUT2D eigenvalue weighted by Crippen LogP contribution is 2.36. The number of anilines is 1. The van der Waals surface area contributed by atoms with E-state index in [-0.39, 0.29) is 0 Å². The molecule has 1 aromatic heterocycles. The Bertz CT molecular complexity index is 564. The van der Waals surface area contributed by atoms with E-state index in [1.54, 1.807) is 6.07 Å². The largest absolute Gasteiger partial charge is 0.490 e. The first kappa shape index (κ1) is 11.6. The molecule has 2 aromatic rings. The standard InChI is InChI=1S/C13H13BrN2O2/c14-8-4-5-11(17-9-2-1-3-9)10(6-8)12-7-13(15)16-18-12/h4-7,9H,1-3H2,(H2,15,16). The lowest BCUT2D eigenvalue weighted by Crippen LogP contribution is -2.24. The topological polar surface area (TPSA) is 61.3 Å². The van der Waals surface area contributed by atoms with Gasteiger partial charge in [-0.05, 0) is 37.5 Å². The van der Waals surface area contributed by atoms with E-state index in [1.807, 2.05) is 18.2 Å². The van der Waals surface area contributed by atoms with Crippen molar-refractivity contribution in [2.24, 2.45) is 0 Å². The summed E-state index contributed by atoms with van der Waals surface area (Å²) in [5.41, 5.74) is 6.46. The SMILES string of the molecule is Nc1cc(-c2cc(Br)ccc2OC2CCC2)on1.